The average Bonchev–Trinajstić information content (AvgIpc) is 3.29. The molecule has 2 aromatic carbocycles. The zero-order chi connectivity index (χ0) is 26.5. The number of thiazole rings is 1. The number of nitrogens with zero attached hydrogens (tertiary/aromatic N) is 3. The number of benzene rings is 2. The summed E-state index contributed by atoms with van der Waals surface area (Å²) in [4.78, 5) is 47.3. The summed E-state index contributed by atoms with van der Waals surface area (Å²) in [5.74, 6) is -0.155. The van der Waals surface area contributed by atoms with Gasteiger partial charge in [0.25, 0.3) is 5.91 Å². The molecule has 0 unspecified atom stereocenters. The first-order valence-corrected chi connectivity index (χ1v) is 13.6. The average molecular weight is 546 g/mol. The minimum atomic E-state index is -0.961. The Morgan fingerprint density at radius 1 is 1.00 bits per heavy atom. The van der Waals surface area contributed by atoms with Crippen LogP contribution in [0.5, 0.6) is 0 Å². The Kier molecular flexibility index (Phi) is 7.66. The maximum absolute atomic E-state index is 12.7. The largest absolute Gasteiger partial charge is 0.465 e. The smallest absolute Gasteiger partial charge is 0.407 e. The van der Waals surface area contributed by atoms with Crippen molar-refractivity contribution >= 4 is 46.1 Å². The summed E-state index contributed by atoms with van der Waals surface area (Å²) in [7, 11) is 0. The van der Waals surface area contributed by atoms with Crippen molar-refractivity contribution in [3.8, 4) is 22.4 Å². The molecule has 11 heteroatoms. The van der Waals surface area contributed by atoms with Crippen LogP contribution in [0.4, 0.5) is 9.93 Å². The highest BCUT2D eigenvalue weighted by Crippen LogP contribution is 2.30. The molecule has 1 aliphatic rings. The Bertz CT molecular complexity index is 1490. The Balaban J connectivity index is 1.18. The van der Waals surface area contributed by atoms with E-state index in [-0.39, 0.29) is 24.9 Å². The van der Waals surface area contributed by atoms with Crippen molar-refractivity contribution in [3.63, 3.8) is 0 Å². The number of carboxylic acid groups (broad SMARTS) is 1. The molecule has 2 aromatic heterocycles. The van der Waals surface area contributed by atoms with E-state index >= 15 is 0 Å². The number of rotatable bonds is 6. The van der Waals surface area contributed by atoms with Gasteiger partial charge in [0.15, 0.2) is 5.13 Å². The third kappa shape index (κ3) is 6.01. The normalized spacial score (nSPS) is 12.8. The van der Waals surface area contributed by atoms with E-state index in [0.717, 1.165) is 32.8 Å². The number of pyridine rings is 1. The van der Waals surface area contributed by atoms with Gasteiger partial charge >= 0.3 is 6.09 Å². The number of anilines is 1. The number of aromatic nitrogens is 2. The topological polar surface area (TPSA) is 125 Å². The van der Waals surface area contributed by atoms with E-state index in [1.165, 1.54) is 28.0 Å². The minimum Gasteiger partial charge on any atom is -0.465 e. The highest BCUT2D eigenvalue weighted by atomic mass is 32.2. The number of hydrogen-bond acceptors (Lipinski definition) is 7. The van der Waals surface area contributed by atoms with Crippen LogP contribution in [-0.4, -0.2) is 56.7 Å². The molecular weight excluding hydrogens is 522 g/mol. The lowest BCUT2D eigenvalue weighted by Gasteiger charge is -2.16. The molecule has 0 aliphatic carbocycles. The van der Waals surface area contributed by atoms with Gasteiger partial charge in [-0.3, -0.25) is 14.6 Å². The van der Waals surface area contributed by atoms with Crippen molar-refractivity contribution in [2.45, 2.75) is 11.4 Å². The first-order valence-electron chi connectivity index (χ1n) is 11.7. The van der Waals surface area contributed by atoms with Crippen LogP contribution in [0.25, 0.3) is 22.4 Å². The van der Waals surface area contributed by atoms with E-state index in [9.17, 15) is 19.5 Å². The summed E-state index contributed by atoms with van der Waals surface area (Å²) >= 11 is 2.82. The predicted molar refractivity (Wildman–Crippen MR) is 147 cm³/mol. The Morgan fingerprint density at radius 2 is 1.82 bits per heavy atom. The summed E-state index contributed by atoms with van der Waals surface area (Å²) in [6.45, 7) is 0.499. The zero-order valence-electron chi connectivity index (χ0n) is 20.1. The van der Waals surface area contributed by atoms with Crippen LogP contribution in [0.15, 0.2) is 77.3 Å². The maximum atomic E-state index is 12.7. The van der Waals surface area contributed by atoms with E-state index in [2.05, 4.69) is 20.6 Å². The Hall–Kier alpha value is -4.22. The number of hydrogen-bond donors (Lipinski definition) is 3. The summed E-state index contributed by atoms with van der Waals surface area (Å²) in [5, 5.41) is 17.0. The molecule has 9 nitrogen and oxygen atoms in total. The van der Waals surface area contributed by atoms with Gasteiger partial charge in [0, 0.05) is 46.1 Å². The second kappa shape index (κ2) is 11.4. The molecule has 0 atom stereocenters. The predicted octanol–water partition coefficient (Wildman–Crippen LogP) is 4.83. The lowest BCUT2D eigenvalue weighted by atomic mass is 10.0. The van der Waals surface area contributed by atoms with Crippen molar-refractivity contribution in [1.29, 1.82) is 0 Å². The number of fused-ring (bicyclic) bond motifs is 1. The van der Waals surface area contributed by atoms with Crippen LogP contribution >= 0.6 is 23.1 Å². The van der Waals surface area contributed by atoms with E-state index in [1.807, 2.05) is 41.8 Å². The van der Waals surface area contributed by atoms with E-state index in [0.29, 0.717) is 23.0 Å². The Labute approximate surface area is 226 Å². The highest BCUT2D eigenvalue weighted by molar-refractivity contribution is 7.99. The molecule has 4 aromatic rings. The van der Waals surface area contributed by atoms with Crippen LogP contribution in [0.1, 0.15) is 15.9 Å². The molecule has 0 radical (unpaired) electrons. The van der Waals surface area contributed by atoms with Crippen molar-refractivity contribution < 1.29 is 19.5 Å². The van der Waals surface area contributed by atoms with Crippen LogP contribution in [-0.2, 0) is 11.3 Å². The summed E-state index contributed by atoms with van der Waals surface area (Å²) < 4.78 is 0. The summed E-state index contributed by atoms with van der Waals surface area (Å²) in [5.41, 5.74) is 5.04. The van der Waals surface area contributed by atoms with Gasteiger partial charge in [-0.1, -0.05) is 24.3 Å². The van der Waals surface area contributed by atoms with Gasteiger partial charge in [0.2, 0.25) is 5.91 Å². The summed E-state index contributed by atoms with van der Waals surface area (Å²) in [6.07, 6.45) is 2.53. The van der Waals surface area contributed by atoms with Crippen molar-refractivity contribution in [3.05, 3.63) is 83.5 Å². The molecule has 0 spiro atoms. The fourth-order valence-electron chi connectivity index (χ4n) is 3.97. The fraction of sp³-hybridized carbons (Fsp3) is 0.148. The van der Waals surface area contributed by atoms with Crippen LogP contribution in [0, 0.1) is 0 Å². The lowest BCUT2D eigenvalue weighted by Crippen LogP contribution is -2.33. The molecule has 3 N–H and O–H groups in total. The van der Waals surface area contributed by atoms with E-state index < -0.39 is 6.09 Å². The molecule has 0 fully saturated rings. The number of thioether (sulfide) groups is 1. The zero-order valence-corrected chi connectivity index (χ0v) is 21.7. The van der Waals surface area contributed by atoms with Gasteiger partial charge < -0.3 is 20.6 Å². The van der Waals surface area contributed by atoms with Gasteiger partial charge in [-0.2, -0.15) is 0 Å². The lowest BCUT2D eigenvalue weighted by molar-refractivity contribution is -0.115. The van der Waals surface area contributed by atoms with Crippen molar-refractivity contribution in [2.24, 2.45) is 0 Å². The molecule has 38 heavy (non-hydrogen) atoms. The molecule has 3 amide bonds. The number of carbonyl (C=O) groups is 3. The molecule has 0 saturated heterocycles. The number of nitrogens with one attached hydrogen (secondary N) is 2. The molecule has 1 aliphatic heterocycles. The van der Waals surface area contributed by atoms with Crippen LogP contribution in [0.3, 0.4) is 0 Å². The SMILES string of the molecule is O=C(CNC(=O)c1ccc2c(c1)SCCN(C(=O)O)C2)Nc1nc(-c2cccc(-c3ccncc3)c2)cs1. The second-order valence-electron chi connectivity index (χ2n) is 8.46. The molecule has 5 rings (SSSR count). The third-order valence-corrected chi connectivity index (χ3v) is 7.75. The highest BCUT2D eigenvalue weighted by Gasteiger charge is 2.20. The minimum absolute atomic E-state index is 0.206. The number of amides is 3. The second-order valence-corrected chi connectivity index (χ2v) is 10.5. The van der Waals surface area contributed by atoms with Gasteiger partial charge in [-0.25, -0.2) is 9.78 Å². The van der Waals surface area contributed by atoms with E-state index in [1.54, 1.807) is 30.6 Å². The molecular formula is C27H23N5O4S2. The van der Waals surface area contributed by atoms with Gasteiger partial charge in [-0.15, -0.1) is 23.1 Å². The molecule has 192 valence electrons. The van der Waals surface area contributed by atoms with Crippen LogP contribution in [0.2, 0.25) is 0 Å². The summed E-state index contributed by atoms with van der Waals surface area (Å²) in [6, 6.07) is 17.0. The monoisotopic (exact) mass is 545 g/mol. The van der Waals surface area contributed by atoms with E-state index in [4.69, 9.17) is 0 Å². The third-order valence-electron chi connectivity index (χ3n) is 5.91. The quantitative estimate of drug-likeness (QED) is 0.317. The standard InChI is InChI=1S/C27H23N5O4S2/c33-24(14-29-25(34)20-4-5-21-15-32(27(35)36)10-11-37-23(21)13-20)31-26-30-22(16-38-26)19-3-1-2-18(12-19)17-6-8-28-9-7-17/h1-9,12-13,16H,10-11,14-15H2,(H,29,34)(H,35,36)(H,30,31,33). The van der Waals surface area contributed by atoms with Crippen molar-refractivity contribution in [2.75, 3.05) is 24.2 Å². The van der Waals surface area contributed by atoms with Crippen LogP contribution < -0.4 is 10.6 Å². The first kappa shape index (κ1) is 25.4. The Morgan fingerprint density at radius 3 is 2.63 bits per heavy atom. The molecule has 0 saturated carbocycles. The molecule has 3 heterocycles. The maximum Gasteiger partial charge on any atom is 0.407 e. The number of carbonyl (C=O) groups excluding carboxylic acids is 2. The van der Waals surface area contributed by atoms with Crippen molar-refractivity contribution in [1.82, 2.24) is 20.2 Å². The van der Waals surface area contributed by atoms with Gasteiger partial charge in [0.05, 0.1) is 18.8 Å². The fourth-order valence-corrected chi connectivity index (χ4v) is 5.76. The first-order chi connectivity index (χ1) is 18.5. The van der Waals surface area contributed by atoms with Gasteiger partial charge in [-0.05, 0) is 47.0 Å². The molecule has 0 bridgehead atoms. The van der Waals surface area contributed by atoms with Gasteiger partial charge in [0.1, 0.15) is 0 Å².